The molecule has 2 heterocycles. The molecule has 0 aliphatic carbocycles. The topological polar surface area (TPSA) is 57.2 Å². The van der Waals surface area contributed by atoms with Gasteiger partial charge in [0.05, 0.1) is 11.8 Å². The largest absolute Gasteiger partial charge is 0.384 e. The third-order valence-corrected chi connectivity index (χ3v) is 4.16. The maximum atomic E-state index is 6.38. The van der Waals surface area contributed by atoms with Gasteiger partial charge in [-0.25, -0.2) is 0 Å². The Labute approximate surface area is 135 Å². The SMILES string of the molecule is Cc1ccccc1N1CN(c2ccccc2)C(N)=C2C=NN=C21. The van der Waals surface area contributed by atoms with E-state index in [0.29, 0.717) is 12.5 Å². The number of nitrogens with two attached hydrogens (primary N) is 1. The van der Waals surface area contributed by atoms with Crippen molar-refractivity contribution in [2.45, 2.75) is 6.92 Å². The quantitative estimate of drug-likeness (QED) is 0.928. The highest BCUT2D eigenvalue weighted by molar-refractivity contribution is 6.25. The summed E-state index contributed by atoms with van der Waals surface area (Å²) in [7, 11) is 0. The standard InChI is InChI=1S/C18H17N5/c1-13-7-5-6-10-16(13)23-12-22(14-8-3-2-4-9-14)17(19)15-11-20-21-18(15)23/h2-11H,12,19H2,1H3. The van der Waals surface area contributed by atoms with Crippen LogP contribution >= 0.6 is 0 Å². The summed E-state index contributed by atoms with van der Waals surface area (Å²) in [6.45, 7) is 2.70. The fourth-order valence-electron chi connectivity index (χ4n) is 2.95. The van der Waals surface area contributed by atoms with E-state index in [1.165, 1.54) is 5.56 Å². The Hall–Kier alpha value is -3.08. The number of para-hydroxylation sites is 2. The highest BCUT2D eigenvalue weighted by Crippen LogP contribution is 2.30. The highest BCUT2D eigenvalue weighted by atomic mass is 15.4. The van der Waals surface area contributed by atoms with Crippen LogP contribution in [0.1, 0.15) is 5.56 Å². The number of aryl methyl sites for hydroxylation is 1. The van der Waals surface area contributed by atoms with Crippen molar-refractivity contribution in [1.29, 1.82) is 0 Å². The monoisotopic (exact) mass is 303 g/mol. The lowest BCUT2D eigenvalue weighted by atomic mass is 10.1. The highest BCUT2D eigenvalue weighted by Gasteiger charge is 2.32. The van der Waals surface area contributed by atoms with Crippen LogP contribution in [0, 0.1) is 6.92 Å². The number of benzene rings is 2. The second kappa shape index (κ2) is 5.28. The molecule has 2 N–H and O–H groups in total. The van der Waals surface area contributed by atoms with Gasteiger partial charge in [0.1, 0.15) is 12.5 Å². The molecule has 0 bridgehead atoms. The van der Waals surface area contributed by atoms with Gasteiger partial charge in [-0.15, -0.1) is 5.10 Å². The van der Waals surface area contributed by atoms with Crippen molar-refractivity contribution in [1.82, 2.24) is 0 Å². The van der Waals surface area contributed by atoms with Gasteiger partial charge in [-0.3, -0.25) is 0 Å². The van der Waals surface area contributed by atoms with E-state index in [-0.39, 0.29) is 0 Å². The smallest absolute Gasteiger partial charge is 0.169 e. The molecular formula is C18H17N5. The molecule has 0 radical (unpaired) electrons. The summed E-state index contributed by atoms with van der Waals surface area (Å²) < 4.78 is 0. The van der Waals surface area contributed by atoms with Crippen LogP contribution in [0.15, 0.2) is 76.2 Å². The van der Waals surface area contributed by atoms with Crippen LogP contribution in [-0.2, 0) is 0 Å². The summed E-state index contributed by atoms with van der Waals surface area (Å²) >= 11 is 0. The Kier molecular flexibility index (Phi) is 3.12. The van der Waals surface area contributed by atoms with Gasteiger partial charge < -0.3 is 15.5 Å². The Balaban J connectivity index is 1.83. The minimum absolute atomic E-state index is 0.604. The Morgan fingerprint density at radius 3 is 2.48 bits per heavy atom. The molecule has 0 aromatic heterocycles. The van der Waals surface area contributed by atoms with E-state index in [0.717, 1.165) is 22.8 Å². The molecule has 0 saturated carbocycles. The predicted octanol–water partition coefficient (Wildman–Crippen LogP) is 2.85. The molecule has 4 rings (SSSR count). The van der Waals surface area contributed by atoms with E-state index in [2.05, 4.69) is 51.2 Å². The van der Waals surface area contributed by atoms with Crippen LogP contribution in [0.5, 0.6) is 0 Å². The zero-order valence-corrected chi connectivity index (χ0v) is 12.8. The van der Waals surface area contributed by atoms with Crippen molar-refractivity contribution in [3.8, 4) is 0 Å². The molecule has 114 valence electrons. The van der Waals surface area contributed by atoms with Crippen LogP contribution in [-0.4, -0.2) is 18.7 Å². The van der Waals surface area contributed by atoms with E-state index in [4.69, 9.17) is 5.73 Å². The van der Waals surface area contributed by atoms with Crippen molar-refractivity contribution < 1.29 is 0 Å². The molecule has 5 nitrogen and oxygen atoms in total. The second-order valence-electron chi connectivity index (χ2n) is 5.59. The van der Waals surface area contributed by atoms with Crippen molar-refractivity contribution >= 4 is 23.4 Å². The lowest BCUT2D eigenvalue weighted by molar-refractivity contribution is 0.860. The zero-order valence-electron chi connectivity index (χ0n) is 12.8. The first-order valence-electron chi connectivity index (χ1n) is 7.52. The summed E-state index contributed by atoms with van der Waals surface area (Å²) in [5, 5.41) is 8.35. The number of rotatable bonds is 2. The molecule has 0 spiro atoms. The molecule has 0 fully saturated rings. The van der Waals surface area contributed by atoms with Crippen LogP contribution in [0.25, 0.3) is 0 Å². The lowest BCUT2D eigenvalue weighted by Crippen LogP contribution is -2.49. The maximum Gasteiger partial charge on any atom is 0.169 e. The molecule has 23 heavy (non-hydrogen) atoms. The minimum atomic E-state index is 0.604. The lowest BCUT2D eigenvalue weighted by Gasteiger charge is -2.38. The molecule has 2 aromatic carbocycles. The fourth-order valence-corrected chi connectivity index (χ4v) is 2.95. The van der Waals surface area contributed by atoms with E-state index in [9.17, 15) is 0 Å². The first-order valence-corrected chi connectivity index (χ1v) is 7.52. The van der Waals surface area contributed by atoms with Gasteiger partial charge in [-0.05, 0) is 30.7 Å². The number of anilines is 2. The molecule has 0 unspecified atom stereocenters. The summed E-state index contributed by atoms with van der Waals surface area (Å²) in [5.74, 6) is 1.49. The van der Waals surface area contributed by atoms with Gasteiger partial charge in [0.2, 0.25) is 0 Å². The molecule has 0 atom stereocenters. The van der Waals surface area contributed by atoms with Crippen LogP contribution < -0.4 is 15.5 Å². The van der Waals surface area contributed by atoms with Gasteiger partial charge in [0.15, 0.2) is 5.84 Å². The van der Waals surface area contributed by atoms with Gasteiger partial charge in [-0.1, -0.05) is 36.4 Å². The number of hydrogen-bond donors (Lipinski definition) is 1. The van der Waals surface area contributed by atoms with Crippen molar-refractivity contribution in [2.24, 2.45) is 15.9 Å². The van der Waals surface area contributed by atoms with Crippen molar-refractivity contribution in [3.05, 3.63) is 71.6 Å². The zero-order chi connectivity index (χ0) is 15.8. The van der Waals surface area contributed by atoms with Gasteiger partial charge in [0, 0.05) is 11.4 Å². The molecule has 2 aliphatic heterocycles. The summed E-state index contributed by atoms with van der Waals surface area (Å²) in [5.41, 5.74) is 10.6. The van der Waals surface area contributed by atoms with E-state index in [1.54, 1.807) is 6.21 Å². The number of nitrogens with zero attached hydrogens (tertiary/aromatic N) is 4. The Morgan fingerprint density at radius 2 is 1.70 bits per heavy atom. The van der Waals surface area contributed by atoms with Gasteiger partial charge in [0.25, 0.3) is 0 Å². The van der Waals surface area contributed by atoms with Gasteiger partial charge in [-0.2, -0.15) is 5.10 Å². The van der Waals surface area contributed by atoms with E-state index < -0.39 is 0 Å². The van der Waals surface area contributed by atoms with Crippen LogP contribution in [0.4, 0.5) is 11.4 Å². The average Bonchev–Trinajstić information content (AvgIpc) is 3.07. The second-order valence-corrected chi connectivity index (χ2v) is 5.59. The van der Waals surface area contributed by atoms with E-state index in [1.807, 2.05) is 30.3 Å². The third kappa shape index (κ3) is 2.17. The van der Waals surface area contributed by atoms with Crippen LogP contribution in [0.3, 0.4) is 0 Å². The molecule has 0 amide bonds. The first kappa shape index (κ1) is 13.6. The van der Waals surface area contributed by atoms with Crippen LogP contribution in [0.2, 0.25) is 0 Å². The number of amidine groups is 1. The summed E-state index contributed by atoms with van der Waals surface area (Å²) in [6.07, 6.45) is 1.73. The Morgan fingerprint density at radius 1 is 0.957 bits per heavy atom. The predicted molar refractivity (Wildman–Crippen MR) is 94.6 cm³/mol. The molecule has 2 aromatic rings. The minimum Gasteiger partial charge on any atom is -0.384 e. The van der Waals surface area contributed by atoms with Gasteiger partial charge >= 0.3 is 0 Å². The molecule has 0 saturated heterocycles. The fraction of sp³-hybridized carbons (Fsp3) is 0.111. The average molecular weight is 303 g/mol. The molecular weight excluding hydrogens is 286 g/mol. The molecule has 5 heteroatoms. The third-order valence-electron chi connectivity index (χ3n) is 4.16. The summed E-state index contributed by atoms with van der Waals surface area (Å²) in [6, 6.07) is 18.4. The first-order chi connectivity index (χ1) is 11.3. The number of fused-ring (bicyclic) bond motifs is 1. The maximum absolute atomic E-state index is 6.38. The summed E-state index contributed by atoms with van der Waals surface area (Å²) in [4.78, 5) is 4.24. The van der Waals surface area contributed by atoms with E-state index >= 15 is 0 Å². The normalized spacial score (nSPS) is 16.7. The number of hydrogen-bond acceptors (Lipinski definition) is 5. The molecule has 2 aliphatic rings. The van der Waals surface area contributed by atoms with Crippen molar-refractivity contribution in [3.63, 3.8) is 0 Å². The Bertz CT molecular complexity index is 836. The van der Waals surface area contributed by atoms with Crippen molar-refractivity contribution in [2.75, 3.05) is 16.5 Å².